The maximum absolute atomic E-state index is 6.44. The lowest BCUT2D eigenvalue weighted by molar-refractivity contribution is 0.284. The summed E-state index contributed by atoms with van der Waals surface area (Å²) in [5, 5.41) is 4.44. The van der Waals surface area contributed by atoms with Gasteiger partial charge in [0.1, 0.15) is 13.2 Å². The molecular formula is C22H22Cl2N2O3. The Balaban J connectivity index is 1.54. The number of rotatable bonds is 10. The first kappa shape index (κ1) is 21.2. The first-order chi connectivity index (χ1) is 14.2. The van der Waals surface area contributed by atoms with Gasteiger partial charge in [-0.2, -0.15) is 0 Å². The van der Waals surface area contributed by atoms with E-state index in [2.05, 4.69) is 10.3 Å². The quantitative estimate of drug-likeness (QED) is 0.449. The molecule has 3 aromatic rings. The van der Waals surface area contributed by atoms with Crippen LogP contribution in [0.4, 0.5) is 0 Å². The van der Waals surface area contributed by atoms with Crippen molar-refractivity contribution in [1.29, 1.82) is 0 Å². The van der Waals surface area contributed by atoms with E-state index in [9.17, 15) is 0 Å². The molecule has 3 rings (SSSR count). The Hall–Kier alpha value is -2.47. The number of nitrogens with zero attached hydrogens (tertiary/aromatic N) is 1. The van der Waals surface area contributed by atoms with E-state index in [0.29, 0.717) is 53.7 Å². The highest BCUT2D eigenvalue weighted by atomic mass is 35.5. The monoisotopic (exact) mass is 432 g/mol. The number of ether oxygens (including phenoxy) is 3. The molecule has 0 saturated carbocycles. The van der Waals surface area contributed by atoms with Crippen molar-refractivity contribution >= 4 is 23.2 Å². The first-order valence-corrected chi connectivity index (χ1v) is 9.90. The van der Waals surface area contributed by atoms with Gasteiger partial charge in [0.05, 0.1) is 12.1 Å². The fraction of sp³-hybridized carbons (Fsp3) is 0.227. The Labute approximate surface area is 180 Å². The number of aromatic nitrogens is 1. The lowest BCUT2D eigenvalue weighted by Crippen LogP contribution is -2.20. The second-order valence-corrected chi connectivity index (χ2v) is 7.00. The molecule has 1 N–H and O–H groups in total. The fourth-order valence-corrected chi connectivity index (χ4v) is 3.15. The Morgan fingerprint density at radius 1 is 0.966 bits per heavy atom. The summed E-state index contributed by atoms with van der Waals surface area (Å²) in [6.45, 7) is 2.10. The topological polar surface area (TPSA) is 52.6 Å². The Bertz CT molecular complexity index is 923. The lowest BCUT2D eigenvalue weighted by Gasteiger charge is -2.15. The molecule has 0 unspecified atom stereocenters. The molecule has 29 heavy (non-hydrogen) atoms. The highest BCUT2D eigenvalue weighted by Gasteiger charge is 2.13. The predicted molar refractivity (Wildman–Crippen MR) is 115 cm³/mol. The van der Waals surface area contributed by atoms with E-state index >= 15 is 0 Å². The van der Waals surface area contributed by atoms with Crippen LogP contribution in [0.5, 0.6) is 17.4 Å². The van der Waals surface area contributed by atoms with Crippen LogP contribution in [0.25, 0.3) is 0 Å². The molecule has 2 aromatic carbocycles. The number of pyridine rings is 1. The van der Waals surface area contributed by atoms with Gasteiger partial charge in [-0.3, -0.25) is 0 Å². The molecule has 0 spiro atoms. The number of halogens is 2. The molecule has 0 aliphatic heterocycles. The van der Waals surface area contributed by atoms with E-state index in [-0.39, 0.29) is 0 Å². The number of methoxy groups -OCH3 is 1. The molecule has 1 heterocycles. The molecule has 152 valence electrons. The highest BCUT2D eigenvalue weighted by molar-refractivity contribution is 6.32. The SMILES string of the molecule is COc1cc(CNCCOc2ccccn2)cc(Cl)c1OCc1ccccc1Cl. The van der Waals surface area contributed by atoms with Crippen LogP contribution in [0.15, 0.2) is 60.8 Å². The maximum atomic E-state index is 6.44. The Kier molecular flexibility index (Phi) is 7.99. The summed E-state index contributed by atoms with van der Waals surface area (Å²) in [4.78, 5) is 4.12. The van der Waals surface area contributed by atoms with Crippen LogP contribution in [0.3, 0.4) is 0 Å². The van der Waals surface area contributed by atoms with E-state index < -0.39 is 0 Å². The van der Waals surface area contributed by atoms with Gasteiger partial charge in [0, 0.05) is 35.9 Å². The largest absolute Gasteiger partial charge is 0.493 e. The van der Waals surface area contributed by atoms with Crippen LogP contribution in [-0.2, 0) is 13.2 Å². The van der Waals surface area contributed by atoms with Crippen molar-refractivity contribution in [1.82, 2.24) is 10.3 Å². The lowest BCUT2D eigenvalue weighted by atomic mass is 10.2. The zero-order valence-electron chi connectivity index (χ0n) is 16.0. The minimum atomic E-state index is 0.304. The molecule has 1 aromatic heterocycles. The van der Waals surface area contributed by atoms with Gasteiger partial charge in [0.25, 0.3) is 0 Å². The van der Waals surface area contributed by atoms with Crippen molar-refractivity contribution < 1.29 is 14.2 Å². The molecule has 0 saturated heterocycles. The maximum Gasteiger partial charge on any atom is 0.213 e. The third-order valence-electron chi connectivity index (χ3n) is 4.11. The molecule has 7 heteroatoms. The summed E-state index contributed by atoms with van der Waals surface area (Å²) in [7, 11) is 1.59. The van der Waals surface area contributed by atoms with E-state index in [1.54, 1.807) is 13.3 Å². The second kappa shape index (κ2) is 10.9. The van der Waals surface area contributed by atoms with Gasteiger partial charge in [-0.15, -0.1) is 0 Å². The summed E-state index contributed by atoms with van der Waals surface area (Å²) >= 11 is 12.6. The average molecular weight is 433 g/mol. The van der Waals surface area contributed by atoms with Gasteiger partial charge < -0.3 is 19.5 Å². The van der Waals surface area contributed by atoms with Gasteiger partial charge in [-0.05, 0) is 29.8 Å². The molecule has 0 radical (unpaired) electrons. The fourth-order valence-electron chi connectivity index (χ4n) is 2.67. The standard InChI is InChI=1S/C22H22Cl2N2O3/c1-27-20-13-16(14-25-10-11-28-21-8-4-5-9-26-21)12-19(24)22(20)29-15-17-6-2-3-7-18(17)23/h2-9,12-13,25H,10-11,14-15H2,1H3. The number of nitrogens with one attached hydrogen (secondary N) is 1. The van der Waals surface area contributed by atoms with Crippen LogP contribution >= 0.6 is 23.2 Å². The van der Waals surface area contributed by atoms with Gasteiger partial charge in [-0.25, -0.2) is 4.98 Å². The van der Waals surface area contributed by atoms with E-state index in [1.165, 1.54) is 0 Å². The summed E-state index contributed by atoms with van der Waals surface area (Å²) in [5.41, 5.74) is 1.86. The van der Waals surface area contributed by atoms with E-state index in [1.807, 2.05) is 54.6 Å². The number of benzene rings is 2. The van der Waals surface area contributed by atoms with Gasteiger partial charge in [0.2, 0.25) is 5.88 Å². The van der Waals surface area contributed by atoms with Crippen molar-refractivity contribution in [2.75, 3.05) is 20.3 Å². The van der Waals surface area contributed by atoms with Gasteiger partial charge in [0.15, 0.2) is 11.5 Å². The zero-order valence-corrected chi connectivity index (χ0v) is 17.5. The average Bonchev–Trinajstić information content (AvgIpc) is 2.74. The number of hydrogen-bond acceptors (Lipinski definition) is 5. The molecule has 0 aliphatic rings. The first-order valence-electron chi connectivity index (χ1n) is 9.14. The Morgan fingerprint density at radius 2 is 1.79 bits per heavy atom. The molecule has 0 amide bonds. The van der Waals surface area contributed by atoms with Crippen LogP contribution in [0, 0.1) is 0 Å². The van der Waals surface area contributed by atoms with Crippen LogP contribution in [-0.4, -0.2) is 25.2 Å². The van der Waals surface area contributed by atoms with Gasteiger partial charge >= 0.3 is 0 Å². The normalized spacial score (nSPS) is 10.6. The van der Waals surface area contributed by atoms with Crippen LogP contribution in [0.2, 0.25) is 10.0 Å². The molecule has 5 nitrogen and oxygen atoms in total. The zero-order chi connectivity index (χ0) is 20.5. The van der Waals surface area contributed by atoms with Gasteiger partial charge in [-0.1, -0.05) is 47.5 Å². The molecule has 0 atom stereocenters. The van der Waals surface area contributed by atoms with Crippen LogP contribution in [0.1, 0.15) is 11.1 Å². The smallest absolute Gasteiger partial charge is 0.213 e. The number of hydrogen-bond donors (Lipinski definition) is 1. The van der Waals surface area contributed by atoms with E-state index in [4.69, 9.17) is 37.4 Å². The molecule has 0 aliphatic carbocycles. The third-order valence-corrected chi connectivity index (χ3v) is 4.76. The van der Waals surface area contributed by atoms with Crippen molar-refractivity contribution in [2.45, 2.75) is 13.2 Å². The summed E-state index contributed by atoms with van der Waals surface area (Å²) in [5.74, 6) is 1.68. The van der Waals surface area contributed by atoms with Crippen molar-refractivity contribution in [3.8, 4) is 17.4 Å². The summed E-state index contributed by atoms with van der Waals surface area (Å²) in [6.07, 6.45) is 1.70. The minimum absolute atomic E-state index is 0.304. The van der Waals surface area contributed by atoms with E-state index in [0.717, 1.165) is 11.1 Å². The molecular weight excluding hydrogens is 411 g/mol. The third kappa shape index (κ3) is 6.26. The van der Waals surface area contributed by atoms with Crippen molar-refractivity contribution in [2.24, 2.45) is 0 Å². The summed E-state index contributed by atoms with van der Waals surface area (Å²) < 4.78 is 16.9. The van der Waals surface area contributed by atoms with Crippen molar-refractivity contribution in [3.63, 3.8) is 0 Å². The minimum Gasteiger partial charge on any atom is -0.493 e. The second-order valence-electron chi connectivity index (χ2n) is 6.18. The highest BCUT2D eigenvalue weighted by Crippen LogP contribution is 2.37. The van der Waals surface area contributed by atoms with Crippen molar-refractivity contribution in [3.05, 3.63) is 82.0 Å². The summed E-state index contributed by atoms with van der Waals surface area (Å²) in [6, 6.07) is 16.9. The predicted octanol–water partition coefficient (Wildman–Crippen LogP) is 5.14. The molecule has 0 fully saturated rings. The molecule has 0 bridgehead atoms. The van der Waals surface area contributed by atoms with Crippen LogP contribution < -0.4 is 19.5 Å². The Morgan fingerprint density at radius 3 is 2.55 bits per heavy atom.